The largest absolute Gasteiger partial charge is 0.505 e. The molecular weight excluding hydrogens is 1000 g/mol. The van der Waals surface area contributed by atoms with Crippen molar-refractivity contribution in [2.75, 3.05) is 27.5 Å². The molecular formula is C37H30N8O18S5. The van der Waals surface area contributed by atoms with Crippen LogP contribution in [0.5, 0.6) is 5.75 Å². The number of rotatable bonds is 18. The van der Waals surface area contributed by atoms with Crippen molar-refractivity contribution in [2.24, 2.45) is 10.2 Å². The molecule has 0 saturated heterocycles. The molecule has 0 saturated carbocycles. The average Bonchev–Trinajstić information content (AvgIpc) is 3.23. The van der Waals surface area contributed by atoms with Crippen molar-refractivity contribution in [2.45, 2.75) is 26.3 Å². The maximum absolute atomic E-state index is 13.9. The van der Waals surface area contributed by atoms with Crippen molar-refractivity contribution in [1.82, 2.24) is 15.0 Å². The molecule has 10 N–H and O–H groups in total. The van der Waals surface area contributed by atoms with E-state index in [1.54, 1.807) is 6.07 Å². The topological polar surface area (TPSA) is 429 Å². The number of aromatic carboxylic acids is 2. The first-order valence-electron chi connectivity index (χ1n) is 18.3. The molecule has 0 aliphatic carbocycles. The van der Waals surface area contributed by atoms with Gasteiger partial charge in [-0.3, -0.25) is 23.0 Å². The number of nitrogens with one attached hydrogen (secondary N) is 3. The number of carbonyl (C=O) groups excluding carboxylic acids is 1. The van der Waals surface area contributed by atoms with Gasteiger partial charge in [0, 0.05) is 22.4 Å². The van der Waals surface area contributed by atoms with E-state index in [0.29, 0.717) is 30.3 Å². The van der Waals surface area contributed by atoms with Gasteiger partial charge in [-0.2, -0.15) is 48.6 Å². The van der Waals surface area contributed by atoms with Crippen molar-refractivity contribution < 1.29 is 81.6 Å². The summed E-state index contributed by atoms with van der Waals surface area (Å²) in [6.07, 6.45) is -0.0168. The molecule has 0 unspecified atom stereocenters. The van der Waals surface area contributed by atoms with Crippen molar-refractivity contribution in [3.8, 4) is 5.75 Å². The van der Waals surface area contributed by atoms with Crippen LogP contribution in [0.25, 0.3) is 10.8 Å². The lowest BCUT2D eigenvalue weighted by atomic mass is 10.1. The highest BCUT2D eigenvalue weighted by atomic mass is 32.2. The van der Waals surface area contributed by atoms with Gasteiger partial charge in [0.2, 0.25) is 11.9 Å². The number of carboxylic acids is 2. The molecule has 0 aliphatic heterocycles. The third-order valence-electron chi connectivity index (χ3n) is 8.88. The minimum atomic E-state index is -5.42. The number of fused-ring (bicyclic) bond motifs is 1. The number of carboxylic acid groups (broad SMARTS) is 2. The molecule has 0 fully saturated rings. The number of para-hydroxylation sites is 1. The Bertz CT molecular complexity index is 3560. The first-order chi connectivity index (χ1) is 31.7. The minimum absolute atomic E-state index is 0.000821. The highest BCUT2D eigenvalue weighted by Crippen LogP contribution is 2.45. The first-order valence-corrected chi connectivity index (χ1v) is 25.3. The molecule has 1 amide bonds. The Morgan fingerprint density at radius 2 is 1.31 bits per heavy atom. The number of carbonyl (C=O) groups is 3. The van der Waals surface area contributed by atoms with E-state index in [1.807, 2.05) is 0 Å². The molecule has 1 heterocycles. The lowest BCUT2D eigenvalue weighted by Crippen LogP contribution is -2.13. The molecule has 0 atom stereocenters. The van der Waals surface area contributed by atoms with Gasteiger partial charge < -0.3 is 31.3 Å². The summed E-state index contributed by atoms with van der Waals surface area (Å²) in [5, 5.41) is 44.9. The third kappa shape index (κ3) is 12.4. The normalized spacial score (nSPS) is 12.2. The fourth-order valence-electron chi connectivity index (χ4n) is 5.94. The molecule has 6 aromatic rings. The SMILES string of the molecule is O=C(Nc1cc(S(=O)(=O)O)cc2cc(S(=O)(=O)O)c(N=Nc3ccc(S(=O)(=O)O)cc3C(=O)O)c(O)c12)c1cccc(Nc2nc(Nc3ccccc3C(=O)O)nc(SCCCS(=O)(=O)O)n2)c1. The van der Waals surface area contributed by atoms with Crippen LogP contribution in [0.2, 0.25) is 0 Å². The van der Waals surface area contributed by atoms with Crippen molar-refractivity contribution in [3.63, 3.8) is 0 Å². The van der Waals surface area contributed by atoms with Gasteiger partial charge in [-0.1, -0.05) is 30.0 Å². The number of benzene rings is 5. The van der Waals surface area contributed by atoms with Gasteiger partial charge in [0.05, 0.1) is 38.0 Å². The van der Waals surface area contributed by atoms with E-state index in [4.69, 9.17) is 4.55 Å². The van der Waals surface area contributed by atoms with E-state index >= 15 is 0 Å². The monoisotopic (exact) mass is 1030 g/mol. The van der Waals surface area contributed by atoms with Gasteiger partial charge in [0.1, 0.15) is 16.3 Å². The third-order valence-corrected chi connectivity index (χ3v) is 13.2. The molecule has 5 aromatic carbocycles. The number of azo groups is 1. The van der Waals surface area contributed by atoms with Crippen LogP contribution in [-0.4, -0.2) is 112 Å². The molecule has 0 bridgehead atoms. The molecule has 6 rings (SSSR count). The summed E-state index contributed by atoms with van der Waals surface area (Å²) in [5.41, 5.74) is -3.43. The van der Waals surface area contributed by atoms with E-state index in [1.165, 1.54) is 42.5 Å². The van der Waals surface area contributed by atoms with Crippen molar-refractivity contribution in [1.29, 1.82) is 0 Å². The minimum Gasteiger partial charge on any atom is -0.505 e. The van der Waals surface area contributed by atoms with Gasteiger partial charge in [-0.05, 0) is 78.5 Å². The second-order valence-electron chi connectivity index (χ2n) is 13.6. The maximum Gasteiger partial charge on any atom is 0.338 e. The predicted octanol–water partition coefficient (Wildman–Crippen LogP) is 5.39. The van der Waals surface area contributed by atoms with Gasteiger partial charge in [-0.15, -0.1) is 10.2 Å². The van der Waals surface area contributed by atoms with E-state index in [2.05, 4.69) is 41.1 Å². The molecule has 1 aromatic heterocycles. The number of hydrogen-bond acceptors (Lipinski definition) is 20. The quantitative estimate of drug-likeness (QED) is 0.0223. The fourth-order valence-corrected chi connectivity index (χ4v) is 9.11. The van der Waals surface area contributed by atoms with Gasteiger partial charge >= 0.3 is 11.9 Å². The fraction of sp³-hybridized carbons (Fsp3) is 0.0811. The van der Waals surface area contributed by atoms with Crippen LogP contribution < -0.4 is 16.0 Å². The summed E-state index contributed by atoms with van der Waals surface area (Å²) in [5.74, 6) is -6.19. The lowest BCUT2D eigenvalue weighted by molar-refractivity contribution is 0.0686. The maximum atomic E-state index is 13.9. The smallest absolute Gasteiger partial charge is 0.338 e. The summed E-state index contributed by atoms with van der Waals surface area (Å²) < 4.78 is 134. The highest BCUT2D eigenvalue weighted by molar-refractivity contribution is 7.99. The predicted molar refractivity (Wildman–Crippen MR) is 239 cm³/mol. The zero-order chi connectivity index (χ0) is 49.9. The van der Waals surface area contributed by atoms with E-state index in [0.717, 1.165) is 17.8 Å². The molecule has 26 nitrogen and oxygen atoms in total. The Balaban J connectivity index is 1.39. The molecule has 0 aliphatic rings. The Labute approximate surface area is 387 Å². The summed E-state index contributed by atoms with van der Waals surface area (Å²) in [6, 6.07) is 14.9. The van der Waals surface area contributed by atoms with Crippen molar-refractivity contribution >= 4 is 121 Å². The number of amides is 1. The molecule has 0 spiro atoms. The molecule has 356 valence electrons. The summed E-state index contributed by atoms with van der Waals surface area (Å²) >= 11 is 0.952. The Hall–Kier alpha value is -7.23. The summed E-state index contributed by atoms with van der Waals surface area (Å²) in [7, 11) is -19.8. The zero-order valence-corrected chi connectivity index (χ0v) is 37.7. The highest BCUT2D eigenvalue weighted by Gasteiger charge is 2.27. The number of phenolic OH excluding ortho intramolecular Hbond substituents is 1. The Morgan fingerprint density at radius 1 is 0.647 bits per heavy atom. The van der Waals surface area contributed by atoms with E-state index < -0.39 is 118 Å². The second-order valence-corrected chi connectivity index (χ2v) is 20.5. The lowest BCUT2D eigenvalue weighted by Gasteiger charge is -2.15. The van der Waals surface area contributed by atoms with Crippen LogP contribution >= 0.6 is 11.8 Å². The van der Waals surface area contributed by atoms with Crippen LogP contribution in [0, 0.1) is 0 Å². The number of hydrogen-bond donors (Lipinski definition) is 10. The molecule has 68 heavy (non-hydrogen) atoms. The molecule has 31 heteroatoms. The first kappa shape index (κ1) is 50.2. The number of aromatic nitrogens is 3. The second kappa shape index (κ2) is 19.5. The number of phenols is 1. The van der Waals surface area contributed by atoms with Gasteiger partial charge in [-0.25, -0.2) is 9.59 Å². The van der Waals surface area contributed by atoms with Gasteiger partial charge in [0.15, 0.2) is 10.9 Å². The average molecular weight is 1040 g/mol. The summed E-state index contributed by atoms with van der Waals surface area (Å²) in [6.45, 7) is 0. The standard InChI is InChI=1S/C37H30N8O18S5/c46-31-29-19(15-28(68(61,62)63)30(31)45-44-26-10-9-21(66(55,56)57)16-24(26)34(50)51)14-22(67(58,59)60)17-27(29)39-32(47)18-5-3-6-20(13-18)38-35-41-36(40-25-8-2-1-7-23(25)33(48)49)43-37(42-35)64-11-4-12-65(52,53)54/h1-3,5-10,13-17,46H,4,11-12H2,(H,39,47)(H,48,49)(H,50,51)(H,52,53,54)(H,55,56,57)(H,58,59,60)(H,61,62,63)(H2,38,40,41,42,43). The molecule has 0 radical (unpaired) electrons. The number of anilines is 5. The Kier molecular flexibility index (Phi) is 14.4. The van der Waals surface area contributed by atoms with Gasteiger partial charge in [0.25, 0.3) is 46.4 Å². The van der Waals surface area contributed by atoms with Crippen LogP contribution in [0.4, 0.5) is 40.3 Å². The van der Waals surface area contributed by atoms with Crippen LogP contribution in [0.3, 0.4) is 0 Å². The van der Waals surface area contributed by atoms with E-state index in [9.17, 15) is 77.0 Å². The number of aromatic hydroxyl groups is 1. The summed E-state index contributed by atoms with van der Waals surface area (Å²) in [4.78, 5) is 47.4. The van der Waals surface area contributed by atoms with Crippen LogP contribution in [0.1, 0.15) is 37.5 Å². The number of thioether (sulfide) groups is 1. The number of nitrogens with zero attached hydrogens (tertiary/aromatic N) is 5. The zero-order valence-electron chi connectivity index (χ0n) is 33.6. The van der Waals surface area contributed by atoms with Crippen LogP contribution in [-0.2, 0) is 40.5 Å². The van der Waals surface area contributed by atoms with Crippen molar-refractivity contribution in [3.05, 3.63) is 102 Å². The Morgan fingerprint density at radius 3 is 1.94 bits per heavy atom. The van der Waals surface area contributed by atoms with E-state index in [-0.39, 0.29) is 51.7 Å². The van der Waals surface area contributed by atoms with Crippen LogP contribution in [0.15, 0.2) is 115 Å².